The zero-order valence-electron chi connectivity index (χ0n) is 21.2. The van der Waals surface area contributed by atoms with Crippen LogP contribution in [0.4, 0.5) is 5.69 Å². The number of anilines is 1. The van der Waals surface area contributed by atoms with Crippen molar-refractivity contribution in [3.63, 3.8) is 0 Å². The summed E-state index contributed by atoms with van der Waals surface area (Å²) in [6, 6.07) is 7.45. The van der Waals surface area contributed by atoms with Crippen molar-refractivity contribution in [2.75, 3.05) is 11.9 Å². The molecule has 1 amide bonds. The molecule has 5 atom stereocenters. The van der Waals surface area contributed by atoms with Gasteiger partial charge in [-0.15, -0.1) is 0 Å². The fourth-order valence-corrected chi connectivity index (χ4v) is 6.35. The first-order valence-electron chi connectivity index (χ1n) is 14.0. The predicted molar refractivity (Wildman–Crippen MR) is 131 cm³/mol. The molecular weight excluding hydrogens is 462 g/mol. The number of hydrogen-bond acceptors (Lipinski definition) is 7. The standard InChI is InChI=1S/C28H39NO7/c1-2-3-18-31-20-12-10-19(11-13-20)29-25(30)23-21-22(34-27(33-21)14-6-4-7-15-27)24-26(32-23)36-28(35-24)16-8-5-9-17-28/h10-13,21-24,26H,2-9,14-18H2,1H3,(H,29,30)/t21-,22-,23+,24-,26+/m0/s1. The highest BCUT2D eigenvalue weighted by Crippen LogP contribution is 2.51. The van der Waals surface area contributed by atoms with E-state index in [9.17, 15) is 4.79 Å². The summed E-state index contributed by atoms with van der Waals surface area (Å²) in [4.78, 5) is 13.5. The maximum atomic E-state index is 13.5. The van der Waals surface area contributed by atoms with Gasteiger partial charge in [-0.2, -0.15) is 0 Å². The molecule has 0 aromatic heterocycles. The van der Waals surface area contributed by atoms with Gasteiger partial charge in [0.25, 0.3) is 5.91 Å². The van der Waals surface area contributed by atoms with Crippen molar-refractivity contribution in [1.29, 1.82) is 0 Å². The molecule has 5 fully saturated rings. The smallest absolute Gasteiger partial charge is 0.256 e. The van der Waals surface area contributed by atoms with Crippen LogP contribution in [0.25, 0.3) is 0 Å². The monoisotopic (exact) mass is 501 g/mol. The minimum atomic E-state index is -0.847. The van der Waals surface area contributed by atoms with Crippen LogP contribution in [0.3, 0.4) is 0 Å². The lowest BCUT2D eigenvalue weighted by Crippen LogP contribution is -2.58. The quantitative estimate of drug-likeness (QED) is 0.546. The fourth-order valence-electron chi connectivity index (χ4n) is 6.35. The largest absolute Gasteiger partial charge is 0.494 e. The second-order valence-corrected chi connectivity index (χ2v) is 10.9. The van der Waals surface area contributed by atoms with Gasteiger partial charge in [-0.25, -0.2) is 0 Å². The Bertz CT molecular complexity index is 909. The molecule has 36 heavy (non-hydrogen) atoms. The van der Waals surface area contributed by atoms with Crippen molar-refractivity contribution in [3.05, 3.63) is 24.3 Å². The average molecular weight is 502 g/mol. The van der Waals surface area contributed by atoms with Crippen molar-refractivity contribution < 1.29 is 33.2 Å². The third-order valence-corrected chi connectivity index (χ3v) is 8.26. The minimum absolute atomic E-state index is 0.257. The second kappa shape index (κ2) is 10.2. The normalized spacial score (nSPS) is 34.3. The van der Waals surface area contributed by atoms with E-state index in [2.05, 4.69) is 12.2 Å². The molecule has 8 nitrogen and oxygen atoms in total. The zero-order chi connectivity index (χ0) is 24.6. The van der Waals surface area contributed by atoms with Crippen LogP contribution in [0.15, 0.2) is 24.3 Å². The molecule has 1 aromatic rings. The van der Waals surface area contributed by atoms with E-state index in [4.69, 9.17) is 28.4 Å². The zero-order valence-corrected chi connectivity index (χ0v) is 21.2. The molecule has 8 heteroatoms. The van der Waals surface area contributed by atoms with E-state index in [0.29, 0.717) is 12.3 Å². The third kappa shape index (κ3) is 4.78. The average Bonchev–Trinajstić information content (AvgIpc) is 3.43. The molecule has 3 saturated heterocycles. The Balaban J connectivity index is 1.19. The summed E-state index contributed by atoms with van der Waals surface area (Å²) < 4.78 is 38.2. The lowest BCUT2D eigenvalue weighted by atomic mass is 9.94. The molecular formula is C28H39NO7. The number of carbonyl (C=O) groups excluding carboxylic acids is 1. The number of amides is 1. The summed E-state index contributed by atoms with van der Waals surface area (Å²) in [6.07, 6.45) is 9.24. The molecule has 2 spiro atoms. The Labute approximate surface area is 213 Å². The number of carbonyl (C=O) groups is 1. The first-order valence-corrected chi connectivity index (χ1v) is 14.0. The van der Waals surface area contributed by atoms with Crippen LogP contribution in [0.2, 0.25) is 0 Å². The summed E-state index contributed by atoms with van der Waals surface area (Å²) in [5.41, 5.74) is 0.684. The molecule has 0 unspecified atom stereocenters. The van der Waals surface area contributed by atoms with Crippen molar-refractivity contribution in [3.8, 4) is 5.75 Å². The Hall–Kier alpha value is -1.71. The van der Waals surface area contributed by atoms with E-state index in [1.54, 1.807) is 0 Å². The Morgan fingerprint density at radius 2 is 1.47 bits per heavy atom. The van der Waals surface area contributed by atoms with Crippen LogP contribution in [0.5, 0.6) is 5.75 Å². The Morgan fingerprint density at radius 1 is 0.861 bits per heavy atom. The topological polar surface area (TPSA) is 84.5 Å². The van der Waals surface area contributed by atoms with Crippen molar-refractivity contribution in [1.82, 2.24) is 0 Å². The fraction of sp³-hybridized carbons (Fsp3) is 0.750. The molecule has 5 aliphatic rings. The molecule has 6 rings (SSSR count). The number of unbranched alkanes of at least 4 members (excludes halogenated alkanes) is 1. The molecule has 1 N–H and O–H groups in total. The van der Waals surface area contributed by atoms with E-state index in [1.165, 1.54) is 12.8 Å². The summed E-state index contributed by atoms with van der Waals surface area (Å²) in [6.45, 7) is 2.82. The van der Waals surface area contributed by atoms with Gasteiger partial charge in [-0.1, -0.05) is 26.2 Å². The van der Waals surface area contributed by atoms with Gasteiger partial charge in [0.05, 0.1) is 6.61 Å². The lowest BCUT2D eigenvalue weighted by Gasteiger charge is -2.36. The van der Waals surface area contributed by atoms with E-state index >= 15 is 0 Å². The first-order chi connectivity index (χ1) is 17.6. The van der Waals surface area contributed by atoms with E-state index < -0.39 is 42.3 Å². The second-order valence-electron chi connectivity index (χ2n) is 10.9. The molecule has 3 heterocycles. The maximum absolute atomic E-state index is 13.5. The van der Waals surface area contributed by atoms with Gasteiger partial charge in [0.2, 0.25) is 0 Å². The van der Waals surface area contributed by atoms with Gasteiger partial charge < -0.3 is 33.7 Å². The van der Waals surface area contributed by atoms with Gasteiger partial charge >= 0.3 is 0 Å². The highest BCUT2D eigenvalue weighted by atomic mass is 16.9. The molecule has 2 aliphatic carbocycles. The number of benzene rings is 1. The number of ether oxygens (including phenoxy) is 6. The van der Waals surface area contributed by atoms with E-state index in [1.807, 2.05) is 24.3 Å². The molecule has 198 valence electrons. The minimum Gasteiger partial charge on any atom is -0.494 e. The summed E-state index contributed by atoms with van der Waals surface area (Å²) >= 11 is 0. The molecule has 0 radical (unpaired) electrons. The van der Waals surface area contributed by atoms with Crippen molar-refractivity contribution >= 4 is 11.6 Å². The maximum Gasteiger partial charge on any atom is 0.256 e. The van der Waals surface area contributed by atoms with Gasteiger partial charge in [0.1, 0.15) is 24.1 Å². The first kappa shape index (κ1) is 24.6. The number of nitrogens with one attached hydrogen (secondary N) is 1. The van der Waals surface area contributed by atoms with Gasteiger partial charge in [0.15, 0.2) is 24.0 Å². The SMILES string of the molecule is CCCCOc1ccc(NC(=O)[C@@H]2O[C@@H]3OC4(CCCCC4)O[C@H]3[C@H]3OC4(CCCCC4)O[C@@H]32)cc1. The lowest BCUT2D eigenvalue weighted by molar-refractivity contribution is -0.246. The van der Waals surface area contributed by atoms with Crippen LogP contribution in [-0.4, -0.2) is 54.8 Å². The number of fused-ring (bicyclic) bond motifs is 3. The molecule has 0 bridgehead atoms. The number of rotatable bonds is 6. The Kier molecular flexibility index (Phi) is 6.99. The highest BCUT2D eigenvalue weighted by molar-refractivity contribution is 5.94. The van der Waals surface area contributed by atoms with Crippen LogP contribution < -0.4 is 10.1 Å². The molecule has 1 aromatic carbocycles. The van der Waals surface area contributed by atoms with E-state index in [-0.39, 0.29) is 5.91 Å². The summed E-state index contributed by atoms with van der Waals surface area (Å²) in [5.74, 6) is -0.761. The predicted octanol–water partition coefficient (Wildman–Crippen LogP) is 5.05. The summed E-state index contributed by atoms with van der Waals surface area (Å²) in [5, 5.41) is 3.01. The van der Waals surface area contributed by atoms with Crippen LogP contribution >= 0.6 is 0 Å². The Morgan fingerprint density at radius 3 is 2.14 bits per heavy atom. The van der Waals surface area contributed by atoms with Crippen molar-refractivity contribution in [2.24, 2.45) is 0 Å². The van der Waals surface area contributed by atoms with E-state index in [0.717, 1.165) is 70.0 Å². The van der Waals surface area contributed by atoms with Crippen LogP contribution in [0, 0.1) is 0 Å². The molecule has 3 aliphatic heterocycles. The number of hydrogen-bond donors (Lipinski definition) is 1. The van der Waals surface area contributed by atoms with Gasteiger partial charge in [0, 0.05) is 31.4 Å². The third-order valence-electron chi connectivity index (χ3n) is 8.26. The molecule has 2 saturated carbocycles. The highest BCUT2D eigenvalue weighted by Gasteiger charge is 2.65. The van der Waals surface area contributed by atoms with Gasteiger partial charge in [-0.05, 0) is 56.4 Å². The van der Waals surface area contributed by atoms with Gasteiger partial charge in [-0.3, -0.25) is 4.79 Å². The van der Waals surface area contributed by atoms with Crippen molar-refractivity contribution in [2.45, 2.75) is 126 Å². The summed E-state index contributed by atoms with van der Waals surface area (Å²) in [7, 11) is 0. The van der Waals surface area contributed by atoms with Crippen LogP contribution in [-0.2, 0) is 28.5 Å². The van der Waals surface area contributed by atoms with Crippen LogP contribution in [0.1, 0.15) is 84.0 Å².